The van der Waals surface area contributed by atoms with Crippen molar-refractivity contribution in [2.75, 3.05) is 7.11 Å². The van der Waals surface area contributed by atoms with E-state index in [0.717, 1.165) is 34.9 Å². The summed E-state index contributed by atoms with van der Waals surface area (Å²) in [5, 5.41) is 0. The summed E-state index contributed by atoms with van der Waals surface area (Å²) >= 11 is 0. The lowest BCUT2D eigenvalue weighted by Crippen LogP contribution is -2.35. The number of ether oxygens (including phenoxy) is 1. The predicted octanol–water partition coefficient (Wildman–Crippen LogP) is 3.79. The molecule has 3 nitrogen and oxygen atoms in total. The molecule has 3 heteroatoms. The number of rotatable bonds is 5. The van der Waals surface area contributed by atoms with Gasteiger partial charge in [-0.3, -0.25) is 4.98 Å². The van der Waals surface area contributed by atoms with Crippen molar-refractivity contribution in [1.82, 2.24) is 4.98 Å². The fourth-order valence-electron chi connectivity index (χ4n) is 3.69. The fraction of sp³-hybridized carbons (Fsp3) is 0.722. The van der Waals surface area contributed by atoms with Gasteiger partial charge < -0.3 is 10.5 Å². The average molecular weight is 290 g/mol. The molecule has 0 spiro atoms. The summed E-state index contributed by atoms with van der Waals surface area (Å²) < 4.78 is 5.49. The van der Waals surface area contributed by atoms with E-state index >= 15 is 0 Å². The molecule has 0 aliphatic heterocycles. The van der Waals surface area contributed by atoms with Gasteiger partial charge in [-0.2, -0.15) is 0 Å². The molecule has 1 fully saturated rings. The van der Waals surface area contributed by atoms with Crippen LogP contribution in [0, 0.1) is 25.7 Å². The van der Waals surface area contributed by atoms with Gasteiger partial charge in [0.05, 0.1) is 7.11 Å². The Labute approximate surface area is 129 Å². The van der Waals surface area contributed by atoms with Crippen LogP contribution < -0.4 is 10.5 Å². The van der Waals surface area contributed by atoms with Crippen LogP contribution in [0.2, 0.25) is 0 Å². The summed E-state index contributed by atoms with van der Waals surface area (Å²) in [5.74, 6) is 2.54. The first-order valence-electron chi connectivity index (χ1n) is 8.31. The van der Waals surface area contributed by atoms with E-state index in [1.165, 1.54) is 32.1 Å². The zero-order valence-corrected chi connectivity index (χ0v) is 14.0. The minimum atomic E-state index is 0.224. The highest BCUT2D eigenvalue weighted by atomic mass is 16.5. The van der Waals surface area contributed by atoms with Crippen LogP contribution in [-0.4, -0.2) is 18.1 Å². The molecule has 1 aromatic rings. The third kappa shape index (κ3) is 3.76. The van der Waals surface area contributed by atoms with E-state index in [-0.39, 0.29) is 6.04 Å². The molecular weight excluding hydrogens is 260 g/mol. The molecule has 0 radical (unpaired) electrons. The van der Waals surface area contributed by atoms with Crippen LogP contribution in [0.5, 0.6) is 5.75 Å². The maximum Gasteiger partial charge on any atom is 0.128 e. The first-order chi connectivity index (χ1) is 10.1. The number of pyridine rings is 1. The van der Waals surface area contributed by atoms with Gasteiger partial charge in [0.1, 0.15) is 5.75 Å². The minimum absolute atomic E-state index is 0.224. The topological polar surface area (TPSA) is 48.1 Å². The smallest absolute Gasteiger partial charge is 0.128 e. The highest BCUT2D eigenvalue weighted by molar-refractivity contribution is 5.41. The highest BCUT2D eigenvalue weighted by Crippen LogP contribution is 2.33. The summed E-state index contributed by atoms with van der Waals surface area (Å²) in [4.78, 5) is 4.59. The summed E-state index contributed by atoms with van der Waals surface area (Å²) in [6.07, 6.45) is 9.34. The normalized spacial score (nSPS) is 23.9. The Morgan fingerprint density at radius 2 is 1.95 bits per heavy atom. The molecule has 1 saturated carbocycles. The zero-order chi connectivity index (χ0) is 15.4. The molecular formula is C18H30N2O. The number of methoxy groups -OCH3 is 1. The number of aryl methyl sites for hydroxylation is 1. The number of hydrogen-bond acceptors (Lipinski definition) is 3. The molecule has 2 rings (SSSR count). The zero-order valence-electron chi connectivity index (χ0n) is 14.0. The van der Waals surface area contributed by atoms with Gasteiger partial charge in [0, 0.05) is 35.5 Å². The van der Waals surface area contributed by atoms with E-state index in [0.29, 0.717) is 5.92 Å². The first-order valence-corrected chi connectivity index (χ1v) is 8.31. The largest absolute Gasteiger partial charge is 0.496 e. The van der Waals surface area contributed by atoms with Crippen LogP contribution in [0.25, 0.3) is 0 Å². The third-order valence-electron chi connectivity index (χ3n) is 5.25. The van der Waals surface area contributed by atoms with Gasteiger partial charge in [0.25, 0.3) is 0 Å². The Hall–Kier alpha value is -1.09. The highest BCUT2D eigenvalue weighted by Gasteiger charge is 2.25. The average Bonchev–Trinajstić information content (AvgIpc) is 2.50. The molecule has 1 unspecified atom stereocenters. The second-order valence-electron chi connectivity index (χ2n) is 6.60. The van der Waals surface area contributed by atoms with Crippen molar-refractivity contribution in [3.05, 3.63) is 23.0 Å². The molecule has 0 aromatic carbocycles. The van der Waals surface area contributed by atoms with Crippen LogP contribution in [0.4, 0.5) is 0 Å². The summed E-state index contributed by atoms with van der Waals surface area (Å²) in [6, 6.07) is 0.224. The molecule has 0 bridgehead atoms. The van der Waals surface area contributed by atoms with Crippen molar-refractivity contribution in [1.29, 1.82) is 0 Å². The Balaban J connectivity index is 2.02. The Morgan fingerprint density at radius 3 is 2.52 bits per heavy atom. The molecule has 1 aliphatic carbocycles. The van der Waals surface area contributed by atoms with Crippen LogP contribution in [0.15, 0.2) is 6.20 Å². The SMILES string of the molecule is CCC1CCC(C(N)Cc2ncc(C)c(OC)c2C)CC1. The van der Waals surface area contributed by atoms with Gasteiger partial charge in [-0.25, -0.2) is 0 Å². The van der Waals surface area contributed by atoms with E-state index < -0.39 is 0 Å². The van der Waals surface area contributed by atoms with Crippen molar-refractivity contribution in [2.24, 2.45) is 17.6 Å². The van der Waals surface area contributed by atoms with Gasteiger partial charge in [0.15, 0.2) is 0 Å². The van der Waals surface area contributed by atoms with Gasteiger partial charge in [-0.05, 0) is 38.5 Å². The monoisotopic (exact) mass is 290 g/mol. The Morgan fingerprint density at radius 1 is 1.29 bits per heavy atom. The van der Waals surface area contributed by atoms with E-state index in [4.69, 9.17) is 10.5 Å². The number of nitrogens with two attached hydrogens (primary N) is 1. The van der Waals surface area contributed by atoms with Crippen molar-refractivity contribution in [2.45, 2.75) is 65.3 Å². The molecule has 2 N–H and O–H groups in total. The van der Waals surface area contributed by atoms with Crippen molar-refractivity contribution in [3.8, 4) is 5.75 Å². The van der Waals surface area contributed by atoms with Crippen molar-refractivity contribution < 1.29 is 4.74 Å². The first kappa shape index (κ1) is 16.3. The molecule has 0 saturated heterocycles. The van der Waals surface area contributed by atoms with Crippen LogP contribution in [-0.2, 0) is 6.42 Å². The minimum Gasteiger partial charge on any atom is -0.496 e. The lowest BCUT2D eigenvalue weighted by atomic mass is 9.77. The van der Waals surface area contributed by atoms with Gasteiger partial charge in [0.2, 0.25) is 0 Å². The van der Waals surface area contributed by atoms with Gasteiger partial charge >= 0.3 is 0 Å². The second kappa shape index (κ2) is 7.26. The summed E-state index contributed by atoms with van der Waals surface area (Å²) in [6.45, 7) is 6.43. The molecule has 1 aromatic heterocycles. The molecule has 118 valence electrons. The lowest BCUT2D eigenvalue weighted by Gasteiger charge is -2.32. The van der Waals surface area contributed by atoms with Gasteiger partial charge in [-0.15, -0.1) is 0 Å². The van der Waals surface area contributed by atoms with E-state index in [9.17, 15) is 0 Å². The van der Waals surface area contributed by atoms with Crippen molar-refractivity contribution >= 4 is 0 Å². The molecule has 1 aliphatic rings. The maximum atomic E-state index is 6.49. The summed E-state index contributed by atoms with van der Waals surface area (Å²) in [7, 11) is 1.73. The second-order valence-corrected chi connectivity index (χ2v) is 6.60. The molecule has 0 amide bonds. The van der Waals surface area contributed by atoms with Crippen LogP contribution in [0.3, 0.4) is 0 Å². The summed E-state index contributed by atoms with van der Waals surface area (Å²) in [5.41, 5.74) is 9.83. The van der Waals surface area contributed by atoms with E-state index in [2.05, 4.69) is 18.8 Å². The molecule has 1 atom stereocenters. The Bertz CT molecular complexity index is 465. The number of nitrogens with zero attached hydrogens (tertiary/aromatic N) is 1. The quantitative estimate of drug-likeness (QED) is 0.897. The van der Waals surface area contributed by atoms with Crippen LogP contribution >= 0.6 is 0 Å². The molecule has 1 heterocycles. The fourth-order valence-corrected chi connectivity index (χ4v) is 3.69. The lowest BCUT2D eigenvalue weighted by molar-refractivity contribution is 0.237. The van der Waals surface area contributed by atoms with Crippen molar-refractivity contribution in [3.63, 3.8) is 0 Å². The van der Waals surface area contributed by atoms with E-state index in [1.807, 2.05) is 13.1 Å². The molecule has 21 heavy (non-hydrogen) atoms. The van der Waals surface area contributed by atoms with Gasteiger partial charge in [-0.1, -0.05) is 26.2 Å². The number of aromatic nitrogens is 1. The third-order valence-corrected chi connectivity index (χ3v) is 5.25. The standard InChI is InChI=1S/C18H30N2O/c1-5-14-6-8-15(9-7-14)16(19)10-17-13(3)18(21-4)12(2)11-20-17/h11,14-16H,5-10,19H2,1-4H3. The predicted molar refractivity (Wildman–Crippen MR) is 87.7 cm³/mol. The Kier molecular flexibility index (Phi) is 5.63. The van der Waals surface area contributed by atoms with Crippen LogP contribution in [0.1, 0.15) is 55.8 Å². The van der Waals surface area contributed by atoms with E-state index in [1.54, 1.807) is 7.11 Å². The maximum absolute atomic E-state index is 6.49. The number of hydrogen-bond donors (Lipinski definition) is 1.